The third-order valence-electron chi connectivity index (χ3n) is 2.29. The van der Waals surface area contributed by atoms with Crippen molar-refractivity contribution >= 4 is 0 Å². The van der Waals surface area contributed by atoms with Gasteiger partial charge in [-0.05, 0) is 6.42 Å². The Morgan fingerprint density at radius 3 is 3.10 bits per heavy atom. The average molecular weight is 145 g/mol. The maximum absolute atomic E-state index is 12.7. The van der Waals surface area contributed by atoms with Gasteiger partial charge >= 0.3 is 0 Å². The van der Waals surface area contributed by atoms with E-state index in [9.17, 15) is 4.39 Å². The van der Waals surface area contributed by atoms with Gasteiger partial charge in [0.25, 0.3) is 0 Å². The van der Waals surface area contributed by atoms with Crippen molar-refractivity contribution in [1.82, 2.24) is 5.32 Å². The van der Waals surface area contributed by atoms with Crippen molar-refractivity contribution in [3.8, 4) is 0 Å². The molecule has 2 aliphatic rings. The standard InChI is InChI=1S/C7H12FNO/c8-5-3-6-7(4-5)10-2-1-9-6/h5-7,9H,1-4H2/t5?,6-,7-/m1/s1. The molecule has 0 bridgehead atoms. The summed E-state index contributed by atoms with van der Waals surface area (Å²) in [7, 11) is 0. The fourth-order valence-electron chi connectivity index (χ4n) is 1.79. The minimum atomic E-state index is -0.638. The van der Waals surface area contributed by atoms with Crippen LogP contribution < -0.4 is 5.32 Å². The zero-order valence-electron chi connectivity index (χ0n) is 5.85. The fourth-order valence-corrected chi connectivity index (χ4v) is 1.79. The molecule has 2 rings (SSSR count). The van der Waals surface area contributed by atoms with Crippen molar-refractivity contribution in [1.29, 1.82) is 0 Å². The van der Waals surface area contributed by atoms with E-state index in [0.717, 1.165) is 13.2 Å². The van der Waals surface area contributed by atoms with Gasteiger partial charge in [0.2, 0.25) is 0 Å². The first kappa shape index (κ1) is 6.55. The van der Waals surface area contributed by atoms with E-state index < -0.39 is 6.17 Å². The Balaban J connectivity index is 1.97. The van der Waals surface area contributed by atoms with Crippen LogP contribution in [0.15, 0.2) is 0 Å². The van der Waals surface area contributed by atoms with Gasteiger partial charge in [0.05, 0.1) is 12.7 Å². The monoisotopic (exact) mass is 145 g/mol. The van der Waals surface area contributed by atoms with E-state index in [4.69, 9.17) is 4.74 Å². The van der Waals surface area contributed by atoms with Crippen molar-refractivity contribution in [2.75, 3.05) is 13.2 Å². The molecule has 2 fully saturated rings. The summed E-state index contributed by atoms with van der Waals surface area (Å²) in [5.41, 5.74) is 0. The predicted octanol–water partition coefficient (Wildman–Crippen LogP) is 0.475. The number of rotatable bonds is 0. The summed E-state index contributed by atoms with van der Waals surface area (Å²) in [6.45, 7) is 1.63. The first-order valence-electron chi connectivity index (χ1n) is 3.85. The highest BCUT2D eigenvalue weighted by atomic mass is 19.1. The topological polar surface area (TPSA) is 21.3 Å². The van der Waals surface area contributed by atoms with E-state index in [-0.39, 0.29) is 6.10 Å². The molecule has 0 radical (unpaired) electrons. The van der Waals surface area contributed by atoms with Gasteiger partial charge in [-0.15, -0.1) is 0 Å². The quantitative estimate of drug-likeness (QED) is 0.535. The van der Waals surface area contributed by atoms with Gasteiger partial charge in [-0.2, -0.15) is 0 Å². The molecule has 0 aromatic rings. The highest BCUT2D eigenvalue weighted by Crippen LogP contribution is 2.26. The second kappa shape index (κ2) is 2.47. The zero-order chi connectivity index (χ0) is 6.97. The van der Waals surface area contributed by atoms with Gasteiger partial charge < -0.3 is 10.1 Å². The molecule has 10 heavy (non-hydrogen) atoms. The number of hydrogen-bond acceptors (Lipinski definition) is 2. The van der Waals surface area contributed by atoms with E-state index in [1.54, 1.807) is 0 Å². The van der Waals surface area contributed by atoms with Crippen LogP contribution in [-0.2, 0) is 4.74 Å². The van der Waals surface area contributed by atoms with Crippen LogP contribution in [0.5, 0.6) is 0 Å². The summed E-state index contributed by atoms with van der Waals surface area (Å²) < 4.78 is 18.1. The minimum Gasteiger partial charge on any atom is -0.375 e. The molecule has 0 aromatic heterocycles. The molecule has 1 aliphatic heterocycles. The summed E-state index contributed by atoms with van der Waals surface area (Å²) in [6, 6.07) is 0.295. The summed E-state index contributed by atoms with van der Waals surface area (Å²) >= 11 is 0. The maximum atomic E-state index is 12.7. The molecule has 2 nitrogen and oxygen atoms in total. The van der Waals surface area contributed by atoms with Crippen LogP contribution in [0.25, 0.3) is 0 Å². The van der Waals surface area contributed by atoms with Crippen molar-refractivity contribution in [3.63, 3.8) is 0 Å². The van der Waals surface area contributed by atoms with E-state index in [2.05, 4.69) is 5.32 Å². The summed E-state index contributed by atoms with van der Waals surface area (Å²) in [4.78, 5) is 0. The Bertz CT molecular complexity index is 117. The van der Waals surface area contributed by atoms with Gasteiger partial charge in [0.15, 0.2) is 0 Å². The largest absolute Gasteiger partial charge is 0.375 e. The Labute approximate surface area is 59.7 Å². The number of nitrogens with one attached hydrogen (secondary N) is 1. The van der Waals surface area contributed by atoms with E-state index in [1.807, 2.05) is 0 Å². The molecule has 0 aromatic carbocycles. The normalized spacial score (nSPS) is 47.1. The second-order valence-corrected chi connectivity index (χ2v) is 3.04. The molecule has 0 amide bonds. The lowest BCUT2D eigenvalue weighted by Crippen LogP contribution is -2.44. The molecule has 1 saturated carbocycles. The third-order valence-corrected chi connectivity index (χ3v) is 2.29. The zero-order valence-corrected chi connectivity index (χ0v) is 5.85. The second-order valence-electron chi connectivity index (χ2n) is 3.04. The van der Waals surface area contributed by atoms with Gasteiger partial charge in [-0.1, -0.05) is 0 Å². The highest BCUT2D eigenvalue weighted by Gasteiger charge is 2.36. The average Bonchev–Trinajstić information content (AvgIpc) is 2.27. The van der Waals surface area contributed by atoms with E-state index in [0.29, 0.717) is 18.9 Å². The Morgan fingerprint density at radius 1 is 1.40 bits per heavy atom. The molecule has 3 atom stereocenters. The Morgan fingerprint density at radius 2 is 2.30 bits per heavy atom. The maximum Gasteiger partial charge on any atom is 0.104 e. The first-order chi connectivity index (χ1) is 4.86. The number of halogens is 1. The van der Waals surface area contributed by atoms with Crippen molar-refractivity contribution in [2.24, 2.45) is 0 Å². The SMILES string of the molecule is FC1C[C@H]2NCCO[C@@H]2C1. The predicted molar refractivity (Wildman–Crippen MR) is 35.7 cm³/mol. The number of morpholine rings is 1. The lowest BCUT2D eigenvalue weighted by Gasteiger charge is -2.26. The fraction of sp³-hybridized carbons (Fsp3) is 1.00. The molecule has 1 heterocycles. The van der Waals surface area contributed by atoms with Crippen LogP contribution in [0.1, 0.15) is 12.8 Å². The molecular weight excluding hydrogens is 133 g/mol. The van der Waals surface area contributed by atoms with Gasteiger partial charge in [-0.3, -0.25) is 0 Å². The molecule has 1 unspecified atom stereocenters. The first-order valence-corrected chi connectivity index (χ1v) is 3.85. The van der Waals surface area contributed by atoms with Crippen LogP contribution in [0, 0.1) is 0 Å². The number of hydrogen-bond donors (Lipinski definition) is 1. The minimum absolute atomic E-state index is 0.156. The lowest BCUT2D eigenvalue weighted by atomic mass is 10.2. The molecule has 1 aliphatic carbocycles. The van der Waals surface area contributed by atoms with Gasteiger partial charge in [0, 0.05) is 19.0 Å². The lowest BCUT2D eigenvalue weighted by molar-refractivity contribution is 0.00973. The van der Waals surface area contributed by atoms with Gasteiger partial charge in [0.1, 0.15) is 6.17 Å². The van der Waals surface area contributed by atoms with Crippen molar-refractivity contribution in [2.45, 2.75) is 31.2 Å². The number of alkyl halides is 1. The molecule has 0 spiro atoms. The number of ether oxygens (including phenoxy) is 1. The van der Waals surface area contributed by atoms with Crippen molar-refractivity contribution < 1.29 is 9.13 Å². The summed E-state index contributed by atoms with van der Waals surface area (Å²) in [5.74, 6) is 0. The molecular formula is C7H12FNO. The van der Waals surface area contributed by atoms with E-state index in [1.165, 1.54) is 0 Å². The Hall–Kier alpha value is -0.150. The van der Waals surface area contributed by atoms with Crippen molar-refractivity contribution in [3.05, 3.63) is 0 Å². The smallest absolute Gasteiger partial charge is 0.104 e. The Kier molecular flexibility index (Phi) is 1.62. The van der Waals surface area contributed by atoms with Crippen LogP contribution in [0.4, 0.5) is 4.39 Å². The van der Waals surface area contributed by atoms with E-state index >= 15 is 0 Å². The molecule has 1 N–H and O–H groups in total. The highest BCUT2D eigenvalue weighted by molar-refractivity contribution is 4.91. The van der Waals surface area contributed by atoms with Gasteiger partial charge in [-0.25, -0.2) is 4.39 Å². The third kappa shape index (κ3) is 1.04. The summed E-state index contributed by atoms with van der Waals surface area (Å²) in [6.07, 6.45) is 0.756. The van der Waals surface area contributed by atoms with Crippen LogP contribution in [0.2, 0.25) is 0 Å². The molecule has 3 heteroatoms. The number of fused-ring (bicyclic) bond motifs is 1. The van der Waals surface area contributed by atoms with Crippen LogP contribution in [-0.4, -0.2) is 31.5 Å². The van der Waals surface area contributed by atoms with Crippen LogP contribution in [0.3, 0.4) is 0 Å². The van der Waals surface area contributed by atoms with Crippen LogP contribution >= 0.6 is 0 Å². The molecule has 1 saturated heterocycles. The summed E-state index contributed by atoms with van der Waals surface area (Å²) in [5, 5.41) is 3.25. The molecule has 58 valence electrons.